The van der Waals surface area contributed by atoms with Gasteiger partial charge >= 0.3 is 0 Å². The molecule has 0 bridgehead atoms. The minimum Gasteiger partial charge on any atom is -0.493 e. The van der Waals surface area contributed by atoms with Crippen molar-refractivity contribution < 1.29 is 13.9 Å². The third-order valence-corrected chi connectivity index (χ3v) is 7.18. The molecule has 1 fully saturated rings. The number of anilines is 1. The molecular weight excluding hydrogens is 451 g/mol. The number of likely N-dealkylation sites (tertiary alicyclic amines) is 1. The second-order valence-electron chi connectivity index (χ2n) is 9.92. The number of aryl methyl sites for hydroxylation is 2. The minimum atomic E-state index is -0.260. The molecular formula is C31H35FN2O2. The second-order valence-corrected chi connectivity index (χ2v) is 9.92. The molecule has 36 heavy (non-hydrogen) atoms. The predicted molar refractivity (Wildman–Crippen MR) is 145 cm³/mol. The lowest BCUT2D eigenvalue weighted by Crippen LogP contribution is -2.26. The first-order valence-electron chi connectivity index (χ1n) is 12.9. The van der Waals surface area contributed by atoms with Crippen LogP contribution in [-0.4, -0.2) is 43.9 Å². The molecule has 2 heterocycles. The van der Waals surface area contributed by atoms with Crippen molar-refractivity contribution in [1.29, 1.82) is 0 Å². The summed E-state index contributed by atoms with van der Waals surface area (Å²) in [7, 11) is 0. The van der Waals surface area contributed by atoms with Gasteiger partial charge in [0.25, 0.3) is 0 Å². The Kier molecular flexibility index (Phi) is 7.28. The van der Waals surface area contributed by atoms with Gasteiger partial charge in [-0.05, 0) is 78.8 Å². The summed E-state index contributed by atoms with van der Waals surface area (Å²) in [5.41, 5.74) is 15.2. The zero-order chi connectivity index (χ0) is 25.1. The van der Waals surface area contributed by atoms with E-state index < -0.39 is 0 Å². The highest BCUT2D eigenvalue weighted by molar-refractivity contribution is 6.01. The summed E-state index contributed by atoms with van der Waals surface area (Å²) in [6.07, 6.45) is 2.52. The predicted octanol–water partition coefficient (Wildman–Crippen LogP) is 6.44. The molecule has 0 amide bonds. The van der Waals surface area contributed by atoms with Crippen molar-refractivity contribution in [2.75, 3.05) is 38.6 Å². The van der Waals surface area contributed by atoms with E-state index in [0.717, 1.165) is 55.1 Å². The van der Waals surface area contributed by atoms with Crippen LogP contribution >= 0.6 is 0 Å². The minimum absolute atomic E-state index is 0.149. The molecule has 4 nitrogen and oxygen atoms in total. The zero-order valence-corrected chi connectivity index (χ0v) is 21.2. The first-order valence-corrected chi connectivity index (χ1v) is 12.9. The number of hydrogen-bond donors (Lipinski definition) is 1. The Morgan fingerprint density at radius 1 is 1.03 bits per heavy atom. The quantitative estimate of drug-likeness (QED) is 0.391. The zero-order valence-electron chi connectivity index (χ0n) is 21.2. The van der Waals surface area contributed by atoms with Crippen LogP contribution in [0.5, 0.6) is 11.5 Å². The van der Waals surface area contributed by atoms with Crippen molar-refractivity contribution in [2.24, 2.45) is 0 Å². The average molecular weight is 487 g/mol. The summed E-state index contributed by atoms with van der Waals surface area (Å²) in [5, 5.41) is 0. The Labute approximate surface area is 213 Å². The molecule has 0 saturated carbocycles. The fourth-order valence-corrected chi connectivity index (χ4v) is 5.44. The molecule has 0 aliphatic carbocycles. The van der Waals surface area contributed by atoms with Crippen molar-refractivity contribution in [3.8, 4) is 11.5 Å². The smallest absolute Gasteiger partial charge is 0.129 e. The number of nitrogens with two attached hydrogens (primary N) is 1. The highest BCUT2D eigenvalue weighted by Crippen LogP contribution is 2.42. The molecule has 5 rings (SSSR count). The van der Waals surface area contributed by atoms with Crippen molar-refractivity contribution >= 4 is 16.8 Å². The highest BCUT2D eigenvalue weighted by atomic mass is 19.1. The van der Waals surface area contributed by atoms with Crippen LogP contribution in [-0.2, 0) is 0 Å². The van der Waals surface area contributed by atoms with Gasteiger partial charge in [-0.15, -0.1) is 0 Å². The van der Waals surface area contributed by atoms with Crippen LogP contribution in [0.25, 0.3) is 11.1 Å². The van der Waals surface area contributed by atoms with Gasteiger partial charge in [-0.1, -0.05) is 35.9 Å². The standard InChI is InChI=1S/C31H35FN2O2/c1-21-4-10-27(22(2)18-21)28-13-17-35-30-19-24(33)7-11-29(30)31(28)23-5-8-25(9-6-23)36-26-12-16-34(20-26)15-3-14-32/h4-11,18-19,26H,3,12-17,20,33H2,1-2H3. The van der Waals surface area contributed by atoms with Gasteiger partial charge < -0.3 is 15.2 Å². The van der Waals surface area contributed by atoms with Crippen LogP contribution in [0.1, 0.15) is 47.1 Å². The van der Waals surface area contributed by atoms with Crippen LogP contribution in [0.15, 0.2) is 60.7 Å². The Morgan fingerprint density at radius 3 is 2.61 bits per heavy atom. The number of alkyl halides is 1. The summed E-state index contributed by atoms with van der Waals surface area (Å²) in [5.74, 6) is 1.69. The molecule has 0 radical (unpaired) electrons. The lowest BCUT2D eigenvalue weighted by atomic mass is 9.86. The van der Waals surface area contributed by atoms with E-state index in [0.29, 0.717) is 18.7 Å². The second kappa shape index (κ2) is 10.8. The topological polar surface area (TPSA) is 47.7 Å². The van der Waals surface area contributed by atoms with E-state index in [1.165, 1.54) is 27.8 Å². The molecule has 1 saturated heterocycles. The van der Waals surface area contributed by atoms with Crippen LogP contribution in [0.3, 0.4) is 0 Å². The van der Waals surface area contributed by atoms with Gasteiger partial charge in [0.1, 0.15) is 17.6 Å². The van der Waals surface area contributed by atoms with E-state index in [9.17, 15) is 4.39 Å². The van der Waals surface area contributed by atoms with Gasteiger partial charge in [0.15, 0.2) is 0 Å². The summed E-state index contributed by atoms with van der Waals surface area (Å²) in [4.78, 5) is 2.29. The van der Waals surface area contributed by atoms with Crippen LogP contribution in [0.4, 0.5) is 10.1 Å². The first kappa shape index (κ1) is 24.4. The van der Waals surface area contributed by atoms with E-state index in [1.807, 2.05) is 12.1 Å². The van der Waals surface area contributed by atoms with Crippen LogP contribution in [0.2, 0.25) is 0 Å². The highest BCUT2D eigenvalue weighted by Gasteiger charge is 2.25. The maximum absolute atomic E-state index is 12.5. The molecule has 188 valence electrons. The van der Waals surface area contributed by atoms with Crippen molar-refractivity contribution in [3.05, 3.63) is 88.5 Å². The third kappa shape index (κ3) is 5.26. The summed E-state index contributed by atoms with van der Waals surface area (Å²) >= 11 is 0. The van der Waals surface area contributed by atoms with E-state index >= 15 is 0 Å². The normalized spacial score (nSPS) is 18.0. The Morgan fingerprint density at radius 2 is 1.83 bits per heavy atom. The number of nitrogens with zero attached hydrogens (tertiary/aromatic N) is 1. The van der Waals surface area contributed by atoms with Crippen LogP contribution in [0, 0.1) is 13.8 Å². The summed E-state index contributed by atoms with van der Waals surface area (Å²) in [6.45, 7) is 7.28. The fraction of sp³-hybridized carbons (Fsp3) is 0.355. The number of fused-ring (bicyclic) bond motifs is 1. The molecule has 1 atom stereocenters. The molecule has 3 aromatic carbocycles. The lowest BCUT2D eigenvalue weighted by Gasteiger charge is -2.19. The van der Waals surface area contributed by atoms with E-state index in [4.69, 9.17) is 15.2 Å². The molecule has 0 aromatic heterocycles. The van der Waals surface area contributed by atoms with Crippen molar-refractivity contribution in [3.63, 3.8) is 0 Å². The summed E-state index contributed by atoms with van der Waals surface area (Å²) < 4.78 is 25.0. The number of halogens is 1. The molecule has 2 N–H and O–H groups in total. The van der Waals surface area contributed by atoms with Gasteiger partial charge in [0.2, 0.25) is 0 Å². The monoisotopic (exact) mass is 486 g/mol. The lowest BCUT2D eigenvalue weighted by molar-refractivity contribution is 0.198. The summed E-state index contributed by atoms with van der Waals surface area (Å²) in [6, 6.07) is 21.0. The van der Waals surface area contributed by atoms with E-state index in [2.05, 4.69) is 67.3 Å². The van der Waals surface area contributed by atoms with Gasteiger partial charge in [-0.25, -0.2) is 0 Å². The molecule has 3 aromatic rings. The number of rotatable bonds is 7. The largest absolute Gasteiger partial charge is 0.493 e. The van der Waals surface area contributed by atoms with Crippen molar-refractivity contribution in [2.45, 2.75) is 39.2 Å². The SMILES string of the molecule is Cc1ccc(C2=C(c3ccc(OC4CCN(CCCF)C4)cc3)c3ccc(N)cc3OCC2)c(C)c1. The van der Waals surface area contributed by atoms with Gasteiger partial charge in [0, 0.05) is 43.4 Å². The Balaban J connectivity index is 1.49. The number of nitrogen functional groups attached to an aromatic ring is 1. The van der Waals surface area contributed by atoms with Gasteiger partial charge in [-0.2, -0.15) is 0 Å². The number of ether oxygens (including phenoxy) is 2. The Bertz CT molecular complexity index is 1250. The first-order chi connectivity index (χ1) is 17.5. The van der Waals surface area contributed by atoms with E-state index in [-0.39, 0.29) is 12.8 Å². The molecule has 5 heteroatoms. The Hall–Kier alpha value is -3.31. The maximum Gasteiger partial charge on any atom is 0.129 e. The third-order valence-electron chi connectivity index (χ3n) is 7.18. The average Bonchev–Trinajstić information content (AvgIpc) is 3.22. The van der Waals surface area contributed by atoms with Crippen LogP contribution < -0.4 is 15.2 Å². The fourth-order valence-electron chi connectivity index (χ4n) is 5.44. The van der Waals surface area contributed by atoms with Crippen molar-refractivity contribution in [1.82, 2.24) is 4.90 Å². The number of hydrogen-bond acceptors (Lipinski definition) is 4. The van der Waals surface area contributed by atoms with Gasteiger partial charge in [0.05, 0.1) is 13.3 Å². The molecule has 2 aliphatic heterocycles. The van der Waals surface area contributed by atoms with Gasteiger partial charge in [-0.3, -0.25) is 9.29 Å². The molecule has 0 spiro atoms. The number of benzene rings is 3. The molecule has 1 unspecified atom stereocenters. The van der Waals surface area contributed by atoms with E-state index in [1.54, 1.807) is 0 Å². The molecule has 2 aliphatic rings. The maximum atomic E-state index is 12.5.